The molecule has 0 aliphatic carbocycles. The van der Waals surface area contributed by atoms with Gasteiger partial charge in [0.15, 0.2) is 0 Å². The largest absolute Gasteiger partial charge is 0.496 e. The fourth-order valence-corrected chi connectivity index (χ4v) is 4.24. The molecule has 0 fully saturated rings. The number of fused-ring (bicyclic) bond motifs is 2. The van der Waals surface area contributed by atoms with Crippen LogP contribution in [0.15, 0.2) is 47.4 Å². The molecule has 3 rings (SSSR count). The third-order valence-corrected chi connectivity index (χ3v) is 5.14. The van der Waals surface area contributed by atoms with Crippen LogP contribution in [-0.2, 0) is 5.75 Å². The Kier molecular flexibility index (Phi) is 4.22. The molecule has 0 radical (unpaired) electrons. The Labute approximate surface area is 131 Å². The van der Waals surface area contributed by atoms with Gasteiger partial charge in [-0.15, -0.1) is 11.8 Å². The molecule has 2 nitrogen and oxygen atoms in total. The van der Waals surface area contributed by atoms with Gasteiger partial charge in [0.1, 0.15) is 5.75 Å². The lowest BCUT2D eigenvalue weighted by molar-refractivity contribution is 0.384. The third-order valence-electron chi connectivity index (χ3n) is 3.95. The first-order valence-corrected chi connectivity index (χ1v) is 8.21. The number of benzene rings is 2. The van der Waals surface area contributed by atoms with E-state index in [4.69, 9.17) is 4.74 Å². The maximum atomic E-state index is 5.59. The summed E-state index contributed by atoms with van der Waals surface area (Å²) in [4.78, 5) is 3.56. The lowest BCUT2D eigenvalue weighted by Gasteiger charge is -2.24. The van der Waals surface area contributed by atoms with E-state index in [2.05, 4.69) is 61.5 Å². The van der Waals surface area contributed by atoms with E-state index in [0.717, 1.165) is 18.0 Å². The number of ether oxygens (including phenoxy) is 1. The zero-order valence-electron chi connectivity index (χ0n) is 12.8. The van der Waals surface area contributed by atoms with Crippen molar-refractivity contribution in [3.63, 3.8) is 0 Å². The molecule has 2 aromatic rings. The van der Waals surface area contributed by atoms with Crippen molar-refractivity contribution in [3.8, 4) is 5.75 Å². The molecule has 0 spiro atoms. The summed E-state index contributed by atoms with van der Waals surface area (Å²) in [5.74, 6) is 2.40. The molecular formula is C18H21NOS. The highest BCUT2D eigenvalue weighted by atomic mass is 32.2. The minimum atomic E-state index is 0.399. The predicted octanol–water partition coefficient (Wildman–Crippen LogP) is 3.99. The topological polar surface area (TPSA) is 12.5 Å². The molecule has 3 heteroatoms. The number of hydrogen-bond donors (Lipinski definition) is 0. The van der Waals surface area contributed by atoms with E-state index in [9.17, 15) is 0 Å². The Morgan fingerprint density at radius 3 is 2.62 bits per heavy atom. The number of thioether (sulfide) groups is 1. The first-order valence-electron chi connectivity index (χ1n) is 7.23. The highest BCUT2D eigenvalue weighted by molar-refractivity contribution is 7.98. The summed E-state index contributed by atoms with van der Waals surface area (Å²) in [7, 11) is 6.04. The molecule has 0 saturated heterocycles. The second-order valence-corrected chi connectivity index (χ2v) is 6.67. The van der Waals surface area contributed by atoms with Crippen LogP contribution in [0, 0.1) is 0 Å². The molecule has 0 bridgehead atoms. The van der Waals surface area contributed by atoms with Crippen LogP contribution in [0.25, 0.3) is 0 Å². The van der Waals surface area contributed by atoms with Crippen LogP contribution in [0.3, 0.4) is 0 Å². The van der Waals surface area contributed by atoms with Crippen LogP contribution in [0.1, 0.15) is 22.6 Å². The van der Waals surface area contributed by atoms with Crippen molar-refractivity contribution in [3.05, 3.63) is 59.2 Å². The molecule has 1 heterocycles. The first kappa shape index (κ1) is 14.5. The van der Waals surface area contributed by atoms with Gasteiger partial charge in [-0.2, -0.15) is 0 Å². The van der Waals surface area contributed by atoms with Gasteiger partial charge in [0.25, 0.3) is 0 Å². The zero-order chi connectivity index (χ0) is 14.8. The van der Waals surface area contributed by atoms with Gasteiger partial charge < -0.3 is 9.64 Å². The van der Waals surface area contributed by atoms with E-state index in [1.807, 2.05) is 11.8 Å². The Balaban J connectivity index is 2.16. The summed E-state index contributed by atoms with van der Waals surface area (Å²) >= 11 is 1.89. The predicted molar refractivity (Wildman–Crippen MR) is 89.4 cm³/mol. The maximum absolute atomic E-state index is 5.59. The summed E-state index contributed by atoms with van der Waals surface area (Å²) in [6.07, 6.45) is 0. The Bertz CT molecular complexity index is 639. The highest BCUT2D eigenvalue weighted by Crippen LogP contribution is 2.44. The molecule has 1 atom stereocenters. The van der Waals surface area contributed by atoms with Crippen LogP contribution in [0.5, 0.6) is 5.75 Å². The number of rotatable bonds is 3. The van der Waals surface area contributed by atoms with Gasteiger partial charge in [-0.05, 0) is 36.9 Å². The molecule has 21 heavy (non-hydrogen) atoms. The van der Waals surface area contributed by atoms with Crippen molar-refractivity contribution in [1.29, 1.82) is 0 Å². The molecular weight excluding hydrogens is 278 g/mol. The monoisotopic (exact) mass is 299 g/mol. The number of nitrogens with zero attached hydrogens (tertiary/aromatic N) is 1. The maximum Gasteiger partial charge on any atom is 0.132 e. The minimum Gasteiger partial charge on any atom is -0.496 e. The standard InChI is InChI=1S/C18H21NOS/c1-19(2)11-16-14-8-5-4-7-13(14)12-21-18-15(16)9-6-10-17(18)20-3/h4-10,16H,11-12H2,1-3H3/t16-/m1/s1. The van der Waals surface area contributed by atoms with E-state index in [-0.39, 0.29) is 0 Å². The molecule has 0 saturated carbocycles. The van der Waals surface area contributed by atoms with Gasteiger partial charge in [0.05, 0.1) is 12.0 Å². The number of methoxy groups -OCH3 is 1. The van der Waals surface area contributed by atoms with E-state index >= 15 is 0 Å². The molecule has 0 aromatic heterocycles. The van der Waals surface area contributed by atoms with Crippen LogP contribution >= 0.6 is 11.8 Å². The lowest BCUT2D eigenvalue weighted by Crippen LogP contribution is -2.22. The van der Waals surface area contributed by atoms with E-state index in [0.29, 0.717) is 5.92 Å². The molecule has 1 aliphatic rings. The minimum absolute atomic E-state index is 0.399. The Morgan fingerprint density at radius 2 is 1.86 bits per heavy atom. The first-order chi connectivity index (χ1) is 10.2. The van der Waals surface area contributed by atoms with Crippen molar-refractivity contribution in [1.82, 2.24) is 4.90 Å². The zero-order valence-corrected chi connectivity index (χ0v) is 13.6. The third kappa shape index (κ3) is 2.81. The SMILES string of the molecule is COc1cccc2c1SCc1ccccc1[C@H]2CN(C)C. The van der Waals surface area contributed by atoms with Crippen molar-refractivity contribution < 1.29 is 4.74 Å². The molecule has 0 N–H and O–H groups in total. The second-order valence-electron chi connectivity index (χ2n) is 5.68. The molecule has 2 aromatic carbocycles. The van der Waals surface area contributed by atoms with Gasteiger partial charge in [0, 0.05) is 18.2 Å². The van der Waals surface area contributed by atoms with E-state index in [1.54, 1.807) is 7.11 Å². The summed E-state index contributed by atoms with van der Waals surface area (Å²) in [6, 6.07) is 15.2. The van der Waals surface area contributed by atoms with Crippen molar-refractivity contribution in [2.75, 3.05) is 27.7 Å². The summed E-state index contributed by atoms with van der Waals surface area (Å²) in [5, 5.41) is 0. The van der Waals surface area contributed by atoms with Crippen molar-refractivity contribution in [2.45, 2.75) is 16.6 Å². The average Bonchev–Trinajstić information content (AvgIpc) is 2.65. The second kappa shape index (κ2) is 6.12. The van der Waals surface area contributed by atoms with Crippen molar-refractivity contribution >= 4 is 11.8 Å². The van der Waals surface area contributed by atoms with E-state index < -0.39 is 0 Å². The molecule has 110 valence electrons. The fraction of sp³-hybridized carbons (Fsp3) is 0.333. The van der Waals surface area contributed by atoms with Gasteiger partial charge in [-0.25, -0.2) is 0 Å². The molecule has 0 amide bonds. The van der Waals surface area contributed by atoms with Crippen molar-refractivity contribution in [2.24, 2.45) is 0 Å². The van der Waals surface area contributed by atoms with Crippen LogP contribution in [0.4, 0.5) is 0 Å². The highest BCUT2D eigenvalue weighted by Gasteiger charge is 2.26. The lowest BCUT2D eigenvalue weighted by atomic mass is 9.88. The fourth-order valence-electron chi connectivity index (χ4n) is 3.01. The summed E-state index contributed by atoms with van der Waals surface area (Å²) in [6.45, 7) is 1.01. The van der Waals surface area contributed by atoms with Gasteiger partial charge in [-0.3, -0.25) is 0 Å². The molecule has 0 unspecified atom stereocenters. The Hall–Kier alpha value is -1.45. The quantitative estimate of drug-likeness (QED) is 0.850. The van der Waals surface area contributed by atoms with Crippen LogP contribution in [0.2, 0.25) is 0 Å². The van der Waals surface area contributed by atoms with E-state index in [1.165, 1.54) is 21.6 Å². The number of likely N-dealkylation sites (N-methyl/N-ethyl adjacent to an activating group) is 1. The number of hydrogen-bond acceptors (Lipinski definition) is 3. The Morgan fingerprint density at radius 1 is 1.10 bits per heavy atom. The van der Waals surface area contributed by atoms with Crippen LogP contribution < -0.4 is 4.74 Å². The molecule has 1 aliphatic heterocycles. The normalized spacial score (nSPS) is 17.0. The smallest absolute Gasteiger partial charge is 0.132 e. The van der Waals surface area contributed by atoms with Gasteiger partial charge in [0.2, 0.25) is 0 Å². The average molecular weight is 299 g/mol. The van der Waals surface area contributed by atoms with Gasteiger partial charge in [-0.1, -0.05) is 36.4 Å². The summed E-state index contributed by atoms with van der Waals surface area (Å²) in [5.41, 5.74) is 4.27. The van der Waals surface area contributed by atoms with Crippen LogP contribution in [-0.4, -0.2) is 32.6 Å². The summed E-state index contributed by atoms with van der Waals surface area (Å²) < 4.78 is 5.59. The van der Waals surface area contributed by atoms with Gasteiger partial charge >= 0.3 is 0 Å².